The summed E-state index contributed by atoms with van der Waals surface area (Å²) >= 11 is 0. The first kappa shape index (κ1) is 19.8. The normalized spacial score (nSPS) is 17.2. The van der Waals surface area contributed by atoms with Crippen molar-refractivity contribution in [3.63, 3.8) is 0 Å². The van der Waals surface area contributed by atoms with Crippen molar-refractivity contribution < 1.29 is 18.7 Å². The van der Waals surface area contributed by atoms with E-state index < -0.39 is 13.7 Å². The smallest absolute Gasteiger partial charge is 0.316 e. The van der Waals surface area contributed by atoms with Crippen LogP contribution in [0, 0.1) is 0 Å². The Hall–Kier alpha value is -1.49. The van der Waals surface area contributed by atoms with Crippen LogP contribution in [-0.4, -0.2) is 28.5 Å². The molecule has 0 N–H and O–H groups in total. The van der Waals surface area contributed by atoms with Crippen molar-refractivity contribution in [1.29, 1.82) is 0 Å². The Morgan fingerprint density at radius 3 is 2.16 bits per heavy atom. The Kier molecular flexibility index (Phi) is 5.57. The van der Waals surface area contributed by atoms with Crippen molar-refractivity contribution in [2.75, 3.05) is 14.2 Å². The molecule has 0 atom stereocenters. The van der Waals surface area contributed by atoms with Gasteiger partial charge < -0.3 is 13.9 Å². The molecule has 0 radical (unpaired) electrons. The molecule has 0 amide bonds. The summed E-state index contributed by atoms with van der Waals surface area (Å²) in [7, 11) is 1.16. The molecule has 1 fully saturated rings. The second kappa shape index (κ2) is 7.02. The van der Waals surface area contributed by atoms with E-state index in [1.807, 2.05) is 18.2 Å². The first-order valence-corrected chi connectivity index (χ1v) is 11.9. The lowest BCUT2D eigenvalue weighted by Crippen LogP contribution is -2.44. The van der Waals surface area contributed by atoms with Gasteiger partial charge in [-0.1, -0.05) is 39.7 Å². The third kappa shape index (κ3) is 3.71. The highest BCUT2D eigenvalue weighted by Gasteiger charge is 2.44. The van der Waals surface area contributed by atoms with Crippen LogP contribution in [-0.2, 0) is 14.9 Å². The van der Waals surface area contributed by atoms with E-state index in [2.05, 4.69) is 33.9 Å². The van der Waals surface area contributed by atoms with Gasteiger partial charge in [0.2, 0.25) is 0 Å². The predicted molar refractivity (Wildman–Crippen MR) is 103 cm³/mol. The van der Waals surface area contributed by atoms with Crippen molar-refractivity contribution in [2.45, 2.75) is 70.0 Å². The predicted octanol–water partition coefficient (Wildman–Crippen LogP) is 5.06. The highest BCUT2D eigenvalue weighted by Crippen LogP contribution is 2.46. The van der Waals surface area contributed by atoms with Gasteiger partial charge in [-0.25, -0.2) is 0 Å². The van der Waals surface area contributed by atoms with Crippen LogP contribution in [0.25, 0.3) is 0 Å². The molecule has 2 rings (SSSR count). The van der Waals surface area contributed by atoms with E-state index in [4.69, 9.17) is 13.9 Å². The molecule has 25 heavy (non-hydrogen) atoms. The van der Waals surface area contributed by atoms with Gasteiger partial charge in [-0.15, -0.1) is 0 Å². The fourth-order valence-corrected chi connectivity index (χ4v) is 4.29. The Balaban J connectivity index is 2.41. The molecule has 1 aromatic rings. The van der Waals surface area contributed by atoms with Crippen LogP contribution < -0.4 is 9.16 Å². The molecule has 5 heteroatoms. The SMILES string of the molecule is COC(=O)C1(c2ccc(O[Si](C)(C)C(C)(C)C)c(OC)c2)CCCC1. The van der Waals surface area contributed by atoms with Crippen LogP contribution in [0.3, 0.4) is 0 Å². The maximum atomic E-state index is 12.5. The summed E-state index contributed by atoms with van der Waals surface area (Å²) in [4.78, 5) is 12.5. The molecule has 4 nitrogen and oxygen atoms in total. The summed E-state index contributed by atoms with van der Waals surface area (Å²) in [5.74, 6) is 1.30. The average molecular weight is 365 g/mol. The maximum Gasteiger partial charge on any atom is 0.316 e. The number of rotatable bonds is 5. The van der Waals surface area contributed by atoms with E-state index in [1.165, 1.54) is 7.11 Å². The van der Waals surface area contributed by atoms with E-state index in [9.17, 15) is 4.79 Å². The Morgan fingerprint density at radius 2 is 1.68 bits per heavy atom. The topological polar surface area (TPSA) is 44.8 Å². The van der Waals surface area contributed by atoms with E-state index in [0.717, 1.165) is 37.0 Å². The number of esters is 1. The summed E-state index contributed by atoms with van der Waals surface area (Å²) in [6.45, 7) is 11.1. The quantitative estimate of drug-likeness (QED) is 0.541. The van der Waals surface area contributed by atoms with Crippen LogP contribution in [0.5, 0.6) is 11.5 Å². The number of benzene rings is 1. The third-order valence-electron chi connectivity index (χ3n) is 5.92. The van der Waals surface area contributed by atoms with Gasteiger partial charge in [0.25, 0.3) is 8.32 Å². The number of hydrogen-bond acceptors (Lipinski definition) is 4. The number of carbonyl (C=O) groups is 1. The van der Waals surface area contributed by atoms with Crippen molar-refractivity contribution in [1.82, 2.24) is 0 Å². The van der Waals surface area contributed by atoms with Gasteiger partial charge >= 0.3 is 5.97 Å². The molecule has 1 saturated carbocycles. The first-order valence-electron chi connectivity index (χ1n) is 9.03. The standard InChI is InChI=1S/C20H32O4Si/c1-19(2,3)25(6,7)24-16-11-10-15(14-17(16)22-4)20(18(21)23-5)12-8-9-13-20/h10-11,14H,8-9,12-13H2,1-7H3. The minimum absolute atomic E-state index is 0.107. The summed E-state index contributed by atoms with van der Waals surface area (Å²) < 4.78 is 17.1. The third-order valence-corrected chi connectivity index (χ3v) is 10.3. The molecule has 1 aromatic carbocycles. The van der Waals surface area contributed by atoms with E-state index in [-0.39, 0.29) is 11.0 Å². The second-order valence-electron chi connectivity index (χ2n) is 8.51. The zero-order valence-electron chi connectivity index (χ0n) is 16.7. The fraction of sp³-hybridized carbons (Fsp3) is 0.650. The van der Waals surface area contributed by atoms with Gasteiger partial charge in [-0.3, -0.25) is 4.79 Å². The molecule has 0 bridgehead atoms. The molecular formula is C20H32O4Si. The van der Waals surface area contributed by atoms with Gasteiger partial charge in [0.1, 0.15) is 5.75 Å². The van der Waals surface area contributed by atoms with Crippen molar-refractivity contribution in [3.05, 3.63) is 23.8 Å². The van der Waals surface area contributed by atoms with Crippen molar-refractivity contribution >= 4 is 14.3 Å². The molecule has 0 aliphatic heterocycles. The molecule has 0 aromatic heterocycles. The Labute approximate surface area is 153 Å². The molecule has 0 unspecified atom stereocenters. The summed E-state index contributed by atoms with van der Waals surface area (Å²) in [5.41, 5.74) is 0.425. The zero-order chi connectivity index (χ0) is 18.9. The van der Waals surface area contributed by atoms with Gasteiger partial charge in [-0.05, 0) is 48.7 Å². The molecule has 1 aliphatic rings. The molecule has 0 spiro atoms. The van der Waals surface area contributed by atoms with Crippen LogP contribution in [0.4, 0.5) is 0 Å². The van der Waals surface area contributed by atoms with Crippen LogP contribution >= 0.6 is 0 Å². The Morgan fingerprint density at radius 1 is 1.08 bits per heavy atom. The summed E-state index contributed by atoms with van der Waals surface area (Å²) in [6, 6.07) is 5.93. The molecular weight excluding hydrogens is 332 g/mol. The van der Waals surface area contributed by atoms with Gasteiger partial charge in [0.05, 0.1) is 19.6 Å². The van der Waals surface area contributed by atoms with Crippen molar-refractivity contribution in [2.24, 2.45) is 0 Å². The lowest BCUT2D eigenvalue weighted by molar-refractivity contribution is -0.147. The number of methoxy groups -OCH3 is 2. The van der Waals surface area contributed by atoms with Gasteiger partial charge in [0.15, 0.2) is 5.75 Å². The lowest BCUT2D eigenvalue weighted by atomic mass is 9.79. The van der Waals surface area contributed by atoms with Crippen LogP contribution in [0.15, 0.2) is 18.2 Å². The second-order valence-corrected chi connectivity index (χ2v) is 13.2. The highest BCUT2D eigenvalue weighted by molar-refractivity contribution is 6.74. The van der Waals surface area contributed by atoms with Crippen molar-refractivity contribution in [3.8, 4) is 11.5 Å². The largest absolute Gasteiger partial charge is 0.541 e. The van der Waals surface area contributed by atoms with E-state index in [0.29, 0.717) is 5.75 Å². The number of ether oxygens (including phenoxy) is 2. The Bertz CT molecular complexity index is 625. The zero-order valence-corrected chi connectivity index (χ0v) is 17.7. The highest BCUT2D eigenvalue weighted by atomic mass is 28.4. The average Bonchev–Trinajstić information content (AvgIpc) is 3.04. The van der Waals surface area contributed by atoms with E-state index in [1.54, 1.807) is 7.11 Å². The van der Waals surface area contributed by atoms with E-state index >= 15 is 0 Å². The number of hydrogen-bond donors (Lipinski definition) is 0. The fourth-order valence-electron chi connectivity index (χ4n) is 3.26. The first-order chi connectivity index (χ1) is 11.6. The lowest BCUT2D eigenvalue weighted by Gasteiger charge is -2.37. The molecule has 1 aliphatic carbocycles. The summed E-state index contributed by atoms with van der Waals surface area (Å²) in [5, 5.41) is 0.107. The molecule has 140 valence electrons. The summed E-state index contributed by atoms with van der Waals surface area (Å²) in [6.07, 6.45) is 3.73. The monoisotopic (exact) mass is 364 g/mol. The minimum Gasteiger partial charge on any atom is -0.541 e. The van der Waals surface area contributed by atoms with Crippen LogP contribution in [0.2, 0.25) is 18.1 Å². The number of carbonyl (C=O) groups excluding carboxylic acids is 1. The molecule has 0 saturated heterocycles. The maximum absolute atomic E-state index is 12.5. The molecule has 0 heterocycles. The van der Waals surface area contributed by atoms with Gasteiger partial charge in [0, 0.05) is 0 Å². The van der Waals surface area contributed by atoms with Crippen LogP contribution in [0.1, 0.15) is 52.0 Å². The van der Waals surface area contributed by atoms with Gasteiger partial charge in [-0.2, -0.15) is 0 Å². The minimum atomic E-state index is -1.96.